The molecule has 2 aromatic rings. The highest BCUT2D eigenvalue weighted by atomic mass is 32.1. The summed E-state index contributed by atoms with van der Waals surface area (Å²) in [6.07, 6.45) is 1.05. The zero-order valence-electron chi connectivity index (χ0n) is 11.6. The Morgan fingerprint density at radius 3 is 2.76 bits per heavy atom. The van der Waals surface area contributed by atoms with Crippen molar-refractivity contribution in [3.8, 4) is 11.4 Å². The molecule has 0 bridgehead atoms. The van der Waals surface area contributed by atoms with E-state index < -0.39 is 11.6 Å². The molecule has 1 atom stereocenters. The van der Waals surface area contributed by atoms with Gasteiger partial charge in [0.05, 0.1) is 6.61 Å². The topological polar surface area (TPSA) is 38.2 Å². The summed E-state index contributed by atoms with van der Waals surface area (Å²) in [4.78, 5) is 6.37. The second kappa shape index (κ2) is 6.03. The smallest absolute Gasteiger partial charge is 0.205 e. The molecule has 2 heterocycles. The van der Waals surface area contributed by atoms with Gasteiger partial charge in [0.1, 0.15) is 11.6 Å². The van der Waals surface area contributed by atoms with Crippen LogP contribution in [0.1, 0.15) is 6.42 Å². The molecule has 1 aromatic carbocycles. The standard InChI is InChI=1S/C14H15F2N3OS/c1-19(7-9-2-3-20-8-9)14-17-13(18-21-14)10-4-11(15)6-12(16)5-10/h4-6,9H,2-3,7-8H2,1H3. The van der Waals surface area contributed by atoms with Crippen LogP contribution >= 0.6 is 11.5 Å². The van der Waals surface area contributed by atoms with E-state index in [9.17, 15) is 8.78 Å². The van der Waals surface area contributed by atoms with E-state index in [4.69, 9.17) is 4.74 Å². The molecule has 1 aliphatic heterocycles. The second-order valence-corrected chi connectivity index (χ2v) is 5.90. The molecule has 0 radical (unpaired) electrons. The van der Waals surface area contributed by atoms with Gasteiger partial charge in [0.2, 0.25) is 5.13 Å². The number of hydrogen-bond acceptors (Lipinski definition) is 5. The van der Waals surface area contributed by atoms with Crippen LogP contribution in [0, 0.1) is 17.6 Å². The van der Waals surface area contributed by atoms with Gasteiger partial charge >= 0.3 is 0 Å². The molecule has 0 amide bonds. The normalized spacial score (nSPS) is 18.1. The molecule has 0 spiro atoms. The van der Waals surface area contributed by atoms with Gasteiger partial charge in [0, 0.05) is 49.3 Å². The van der Waals surface area contributed by atoms with E-state index in [0.717, 1.165) is 37.4 Å². The number of anilines is 1. The fraction of sp³-hybridized carbons (Fsp3) is 0.429. The Bertz CT molecular complexity index is 608. The number of rotatable bonds is 4. The quantitative estimate of drug-likeness (QED) is 0.870. The lowest BCUT2D eigenvalue weighted by Gasteiger charge is -2.18. The number of aromatic nitrogens is 2. The molecule has 1 unspecified atom stereocenters. The van der Waals surface area contributed by atoms with Gasteiger partial charge in [0.15, 0.2) is 5.82 Å². The summed E-state index contributed by atoms with van der Waals surface area (Å²) in [6.45, 7) is 2.42. The molecule has 21 heavy (non-hydrogen) atoms. The van der Waals surface area contributed by atoms with Crippen molar-refractivity contribution in [2.24, 2.45) is 5.92 Å². The Hall–Kier alpha value is -1.60. The number of nitrogens with zero attached hydrogens (tertiary/aromatic N) is 3. The van der Waals surface area contributed by atoms with Crippen molar-refractivity contribution in [3.05, 3.63) is 29.8 Å². The summed E-state index contributed by atoms with van der Waals surface area (Å²) in [7, 11) is 1.94. The Morgan fingerprint density at radius 2 is 2.10 bits per heavy atom. The van der Waals surface area contributed by atoms with Gasteiger partial charge in [-0.3, -0.25) is 0 Å². The van der Waals surface area contributed by atoms with Gasteiger partial charge in [-0.2, -0.15) is 9.36 Å². The van der Waals surface area contributed by atoms with Crippen LogP contribution in [0.2, 0.25) is 0 Å². The van der Waals surface area contributed by atoms with Gasteiger partial charge in [-0.1, -0.05) is 0 Å². The third-order valence-electron chi connectivity index (χ3n) is 3.42. The van der Waals surface area contributed by atoms with E-state index in [-0.39, 0.29) is 0 Å². The van der Waals surface area contributed by atoms with Gasteiger partial charge in [0.25, 0.3) is 0 Å². The van der Waals surface area contributed by atoms with Crippen LogP contribution in [0.15, 0.2) is 18.2 Å². The van der Waals surface area contributed by atoms with E-state index in [2.05, 4.69) is 9.36 Å². The minimum Gasteiger partial charge on any atom is -0.381 e. The molecule has 7 heteroatoms. The number of ether oxygens (including phenoxy) is 1. The van der Waals surface area contributed by atoms with Gasteiger partial charge in [-0.15, -0.1) is 0 Å². The van der Waals surface area contributed by atoms with E-state index in [0.29, 0.717) is 17.3 Å². The van der Waals surface area contributed by atoms with Crippen molar-refractivity contribution >= 4 is 16.7 Å². The number of hydrogen-bond donors (Lipinski definition) is 0. The van der Waals surface area contributed by atoms with Crippen molar-refractivity contribution in [2.45, 2.75) is 6.42 Å². The highest BCUT2D eigenvalue weighted by Crippen LogP contribution is 2.26. The lowest BCUT2D eigenvalue weighted by atomic mass is 10.1. The number of benzene rings is 1. The first-order valence-electron chi connectivity index (χ1n) is 6.71. The molecule has 0 saturated carbocycles. The van der Waals surface area contributed by atoms with Gasteiger partial charge in [-0.25, -0.2) is 8.78 Å². The molecule has 0 aliphatic carbocycles. The first-order valence-corrected chi connectivity index (χ1v) is 7.48. The van der Waals surface area contributed by atoms with Gasteiger partial charge in [-0.05, 0) is 18.6 Å². The highest BCUT2D eigenvalue weighted by Gasteiger charge is 2.19. The van der Waals surface area contributed by atoms with E-state index in [1.165, 1.54) is 23.7 Å². The van der Waals surface area contributed by atoms with E-state index >= 15 is 0 Å². The van der Waals surface area contributed by atoms with Crippen LogP contribution < -0.4 is 4.90 Å². The zero-order chi connectivity index (χ0) is 14.8. The summed E-state index contributed by atoms with van der Waals surface area (Å²) in [5, 5.41) is 0.738. The molecule has 4 nitrogen and oxygen atoms in total. The fourth-order valence-corrected chi connectivity index (χ4v) is 3.02. The number of halogens is 2. The molecule has 3 rings (SSSR count). The predicted octanol–water partition coefficient (Wildman–Crippen LogP) is 2.96. The van der Waals surface area contributed by atoms with Crippen LogP contribution in [0.25, 0.3) is 11.4 Å². The molecular weight excluding hydrogens is 296 g/mol. The van der Waals surface area contributed by atoms with Crippen LogP contribution in [0.3, 0.4) is 0 Å². The molecule has 0 N–H and O–H groups in total. The first kappa shape index (κ1) is 14.3. The molecule has 1 saturated heterocycles. The minimum atomic E-state index is -0.627. The van der Waals surface area contributed by atoms with Crippen molar-refractivity contribution in [1.82, 2.24) is 9.36 Å². The molecule has 1 aliphatic rings. The summed E-state index contributed by atoms with van der Waals surface area (Å²) in [6, 6.07) is 3.31. The second-order valence-electron chi connectivity index (χ2n) is 5.17. The van der Waals surface area contributed by atoms with E-state index in [1.807, 2.05) is 11.9 Å². The maximum absolute atomic E-state index is 13.2. The molecular formula is C14H15F2N3OS. The average Bonchev–Trinajstić information content (AvgIpc) is 3.08. The monoisotopic (exact) mass is 311 g/mol. The average molecular weight is 311 g/mol. The first-order chi connectivity index (χ1) is 10.1. The van der Waals surface area contributed by atoms with Crippen LogP contribution in [-0.4, -0.2) is 36.2 Å². The summed E-state index contributed by atoms with van der Waals surface area (Å²) in [5.41, 5.74) is 0.354. The summed E-state index contributed by atoms with van der Waals surface area (Å²) >= 11 is 1.23. The van der Waals surface area contributed by atoms with Crippen molar-refractivity contribution < 1.29 is 13.5 Å². The van der Waals surface area contributed by atoms with Crippen LogP contribution in [0.4, 0.5) is 13.9 Å². The Kier molecular flexibility index (Phi) is 4.12. The molecule has 1 fully saturated rings. The maximum atomic E-state index is 13.2. The van der Waals surface area contributed by atoms with E-state index in [1.54, 1.807) is 0 Å². The lowest BCUT2D eigenvalue weighted by molar-refractivity contribution is 0.186. The summed E-state index contributed by atoms with van der Waals surface area (Å²) < 4.78 is 36.0. The van der Waals surface area contributed by atoms with Crippen LogP contribution in [-0.2, 0) is 4.74 Å². The largest absolute Gasteiger partial charge is 0.381 e. The predicted molar refractivity (Wildman–Crippen MR) is 77.5 cm³/mol. The summed E-state index contributed by atoms with van der Waals surface area (Å²) in [5.74, 6) is -0.410. The van der Waals surface area contributed by atoms with Crippen molar-refractivity contribution in [1.29, 1.82) is 0 Å². The van der Waals surface area contributed by atoms with Crippen molar-refractivity contribution in [3.63, 3.8) is 0 Å². The minimum absolute atomic E-state index is 0.350. The Morgan fingerprint density at radius 1 is 1.33 bits per heavy atom. The fourth-order valence-electron chi connectivity index (χ4n) is 2.36. The third-order valence-corrected chi connectivity index (χ3v) is 4.25. The van der Waals surface area contributed by atoms with Crippen LogP contribution in [0.5, 0.6) is 0 Å². The molecule has 1 aromatic heterocycles. The maximum Gasteiger partial charge on any atom is 0.205 e. The lowest BCUT2D eigenvalue weighted by Crippen LogP contribution is -2.25. The van der Waals surface area contributed by atoms with Gasteiger partial charge < -0.3 is 9.64 Å². The molecule has 112 valence electrons. The highest BCUT2D eigenvalue weighted by molar-refractivity contribution is 7.09. The zero-order valence-corrected chi connectivity index (χ0v) is 12.4. The third kappa shape index (κ3) is 3.36. The Balaban J connectivity index is 1.75. The SMILES string of the molecule is CN(CC1CCOC1)c1nc(-c2cc(F)cc(F)c2)ns1. The van der Waals surface area contributed by atoms with Crippen molar-refractivity contribution in [2.75, 3.05) is 31.7 Å². The Labute approximate surface area is 125 Å².